The summed E-state index contributed by atoms with van der Waals surface area (Å²) >= 11 is 0. The van der Waals surface area contributed by atoms with Crippen LogP contribution in [0.15, 0.2) is 53.5 Å². The average molecular weight is 321 g/mol. The summed E-state index contributed by atoms with van der Waals surface area (Å²) in [5, 5.41) is 1.13. The molecule has 0 amide bonds. The summed E-state index contributed by atoms with van der Waals surface area (Å²) in [5.41, 5.74) is 2.35. The Morgan fingerprint density at radius 1 is 1.04 bits per heavy atom. The van der Waals surface area contributed by atoms with Gasteiger partial charge in [0.2, 0.25) is 0 Å². The van der Waals surface area contributed by atoms with Gasteiger partial charge in [-0.1, -0.05) is 24.3 Å². The fraction of sp³-hybridized carbons (Fsp3) is 0.200. The number of esters is 1. The number of aromatic nitrogens is 1. The van der Waals surface area contributed by atoms with E-state index < -0.39 is 5.97 Å². The smallest absolute Gasteiger partial charge is 0.345 e. The zero-order valence-electron chi connectivity index (χ0n) is 14.0. The van der Waals surface area contributed by atoms with Gasteiger partial charge in [-0.25, -0.2) is 4.79 Å². The number of hydrogen-bond donors (Lipinski definition) is 0. The van der Waals surface area contributed by atoms with Gasteiger partial charge in [-0.15, -0.1) is 0 Å². The molecule has 3 aromatic rings. The molecular formula is C20H19NO3. The minimum absolute atomic E-state index is 0.101. The van der Waals surface area contributed by atoms with Crippen LogP contribution in [0.3, 0.4) is 0 Å². The Morgan fingerprint density at radius 2 is 1.67 bits per heavy atom. The topological polar surface area (TPSA) is 48.3 Å². The van der Waals surface area contributed by atoms with Crippen LogP contribution in [-0.2, 0) is 6.54 Å². The summed E-state index contributed by atoms with van der Waals surface area (Å²) in [7, 11) is 0. The minimum atomic E-state index is -0.460. The van der Waals surface area contributed by atoms with E-state index >= 15 is 0 Å². The number of hydrogen-bond acceptors (Lipinski definition) is 3. The molecule has 0 spiro atoms. The molecule has 0 bridgehead atoms. The first-order chi connectivity index (χ1) is 11.5. The van der Waals surface area contributed by atoms with Gasteiger partial charge in [0.25, 0.3) is 5.56 Å². The van der Waals surface area contributed by atoms with Crippen molar-refractivity contribution in [1.29, 1.82) is 0 Å². The number of aryl methyl sites for hydroxylation is 3. The zero-order valence-corrected chi connectivity index (χ0v) is 14.0. The van der Waals surface area contributed by atoms with Crippen molar-refractivity contribution in [2.45, 2.75) is 27.3 Å². The van der Waals surface area contributed by atoms with E-state index in [2.05, 4.69) is 0 Å². The molecule has 3 rings (SSSR count). The predicted octanol–water partition coefficient (Wildman–Crippen LogP) is 3.86. The van der Waals surface area contributed by atoms with Crippen molar-refractivity contribution < 1.29 is 9.53 Å². The quantitative estimate of drug-likeness (QED) is 0.544. The van der Waals surface area contributed by atoms with Crippen LogP contribution in [0.5, 0.6) is 5.75 Å². The highest BCUT2D eigenvalue weighted by Crippen LogP contribution is 2.21. The summed E-state index contributed by atoms with van der Waals surface area (Å²) in [6, 6.07) is 12.8. The monoisotopic (exact) mass is 321 g/mol. The van der Waals surface area contributed by atoms with Gasteiger partial charge in [0.15, 0.2) is 0 Å². The van der Waals surface area contributed by atoms with E-state index in [1.807, 2.05) is 45.0 Å². The van der Waals surface area contributed by atoms with E-state index in [9.17, 15) is 9.59 Å². The van der Waals surface area contributed by atoms with Crippen molar-refractivity contribution >= 4 is 16.7 Å². The molecule has 0 aliphatic rings. The Balaban J connectivity index is 2.09. The van der Waals surface area contributed by atoms with Crippen LogP contribution in [0.1, 0.15) is 28.4 Å². The van der Waals surface area contributed by atoms with Crippen molar-refractivity contribution in [2.75, 3.05) is 0 Å². The van der Waals surface area contributed by atoms with Gasteiger partial charge in [-0.05, 0) is 50.1 Å². The van der Waals surface area contributed by atoms with Gasteiger partial charge < -0.3 is 9.30 Å². The van der Waals surface area contributed by atoms with E-state index in [4.69, 9.17) is 4.74 Å². The second-order valence-corrected chi connectivity index (χ2v) is 5.89. The zero-order chi connectivity index (χ0) is 17.3. The molecule has 0 aliphatic carbocycles. The van der Waals surface area contributed by atoms with Crippen molar-refractivity contribution in [1.82, 2.24) is 4.57 Å². The van der Waals surface area contributed by atoms with Crippen LogP contribution in [0.2, 0.25) is 0 Å². The lowest BCUT2D eigenvalue weighted by Gasteiger charge is -2.11. The summed E-state index contributed by atoms with van der Waals surface area (Å²) in [6.45, 7) is 6.27. The maximum atomic E-state index is 12.7. The van der Waals surface area contributed by atoms with Gasteiger partial charge in [0.1, 0.15) is 5.75 Å². The third-order valence-corrected chi connectivity index (χ3v) is 3.96. The Kier molecular flexibility index (Phi) is 4.21. The molecule has 4 heteroatoms. The van der Waals surface area contributed by atoms with Gasteiger partial charge in [-0.2, -0.15) is 0 Å². The van der Waals surface area contributed by atoms with Crippen LogP contribution in [0, 0.1) is 13.8 Å². The molecule has 122 valence electrons. The van der Waals surface area contributed by atoms with Crippen LogP contribution < -0.4 is 10.3 Å². The number of benzene rings is 2. The molecule has 0 aliphatic heterocycles. The van der Waals surface area contributed by atoms with E-state index in [0.717, 1.165) is 11.1 Å². The summed E-state index contributed by atoms with van der Waals surface area (Å²) < 4.78 is 7.08. The SMILES string of the molecule is CCn1cc(C(=O)Oc2cc(C)cc(C)c2)c2ccccc2c1=O. The Labute approximate surface area is 140 Å². The molecule has 0 saturated carbocycles. The van der Waals surface area contributed by atoms with E-state index in [-0.39, 0.29) is 5.56 Å². The molecule has 24 heavy (non-hydrogen) atoms. The number of ether oxygens (including phenoxy) is 1. The first kappa shape index (κ1) is 16.0. The molecule has 0 N–H and O–H groups in total. The fourth-order valence-electron chi connectivity index (χ4n) is 2.89. The van der Waals surface area contributed by atoms with Gasteiger partial charge >= 0.3 is 5.97 Å². The first-order valence-electron chi connectivity index (χ1n) is 7.92. The molecule has 0 radical (unpaired) electrons. The Hall–Kier alpha value is -2.88. The maximum absolute atomic E-state index is 12.7. The molecule has 0 unspecified atom stereocenters. The highest BCUT2D eigenvalue weighted by molar-refractivity contribution is 6.04. The number of carbonyl (C=O) groups is 1. The number of fused-ring (bicyclic) bond motifs is 1. The molecule has 1 heterocycles. The lowest BCUT2D eigenvalue weighted by Crippen LogP contribution is -2.22. The molecular weight excluding hydrogens is 302 g/mol. The fourth-order valence-corrected chi connectivity index (χ4v) is 2.89. The molecule has 1 aromatic heterocycles. The van der Waals surface area contributed by atoms with E-state index in [1.54, 1.807) is 24.4 Å². The number of nitrogens with zero attached hydrogens (tertiary/aromatic N) is 1. The third kappa shape index (κ3) is 2.95. The molecule has 0 saturated heterocycles. The first-order valence-corrected chi connectivity index (χ1v) is 7.92. The summed E-state index contributed by atoms with van der Waals surface area (Å²) in [6.07, 6.45) is 1.58. The Bertz CT molecular complexity index is 966. The number of carbonyl (C=O) groups excluding carboxylic acids is 1. The largest absolute Gasteiger partial charge is 0.423 e. The van der Waals surface area contributed by atoms with Crippen molar-refractivity contribution in [3.8, 4) is 5.75 Å². The lowest BCUT2D eigenvalue weighted by molar-refractivity contribution is 0.0736. The lowest BCUT2D eigenvalue weighted by atomic mass is 10.1. The molecule has 0 fully saturated rings. The second kappa shape index (κ2) is 6.32. The third-order valence-electron chi connectivity index (χ3n) is 3.96. The van der Waals surface area contributed by atoms with Crippen LogP contribution >= 0.6 is 0 Å². The molecule has 0 atom stereocenters. The maximum Gasteiger partial charge on any atom is 0.345 e. The summed E-state index contributed by atoms with van der Waals surface area (Å²) in [5.74, 6) is 0.0502. The van der Waals surface area contributed by atoms with Crippen molar-refractivity contribution in [3.63, 3.8) is 0 Å². The standard InChI is InChI=1S/C20H19NO3/c1-4-21-12-18(16-7-5-6-8-17(16)19(21)22)20(23)24-15-10-13(2)9-14(3)11-15/h5-12H,4H2,1-3H3. The van der Waals surface area contributed by atoms with Gasteiger partial charge in [-0.3, -0.25) is 4.79 Å². The van der Waals surface area contributed by atoms with Crippen molar-refractivity contribution in [3.05, 3.63) is 75.7 Å². The molecule has 2 aromatic carbocycles. The number of rotatable bonds is 3. The highest BCUT2D eigenvalue weighted by atomic mass is 16.5. The van der Waals surface area contributed by atoms with Gasteiger partial charge in [0.05, 0.1) is 5.56 Å². The second-order valence-electron chi connectivity index (χ2n) is 5.89. The van der Waals surface area contributed by atoms with E-state index in [0.29, 0.717) is 28.6 Å². The van der Waals surface area contributed by atoms with Crippen molar-refractivity contribution in [2.24, 2.45) is 0 Å². The summed E-state index contributed by atoms with van der Waals surface area (Å²) in [4.78, 5) is 25.1. The highest BCUT2D eigenvalue weighted by Gasteiger charge is 2.16. The van der Waals surface area contributed by atoms with Gasteiger partial charge in [0, 0.05) is 23.5 Å². The predicted molar refractivity (Wildman–Crippen MR) is 94.8 cm³/mol. The average Bonchev–Trinajstić information content (AvgIpc) is 2.54. The Morgan fingerprint density at radius 3 is 2.29 bits per heavy atom. The number of pyridine rings is 1. The van der Waals surface area contributed by atoms with E-state index in [1.165, 1.54) is 4.57 Å². The van der Waals surface area contributed by atoms with Crippen LogP contribution in [0.25, 0.3) is 10.8 Å². The minimum Gasteiger partial charge on any atom is -0.423 e. The van der Waals surface area contributed by atoms with Crippen LogP contribution in [0.4, 0.5) is 0 Å². The van der Waals surface area contributed by atoms with Crippen LogP contribution in [-0.4, -0.2) is 10.5 Å². The normalized spacial score (nSPS) is 10.8. The molecule has 4 nitrogen and oxygen atoms in total.